The Morgan fingerprint density at radius 3 is 2.68 bits per heavy atom. The lowest BCUT2D eigenvalue weighted by Crippen LogP contribution is -2.41. The minimum atomic E-state index is -1.46. The number of amides is 2. The van der Waals surface area contributed by atoms with E-state index in [4.69, 9.17) is 22.1 Å². The Bertz CT molecular complexity index is 1380. The van der Waals surface area contributed by atoms with Crippen LogP contribution in [0.15, 0.2) is 24.7 Å². The second-order valence-corrected chi connectivity index (χ2v) is 8.88. The summed E-state index contributed by atoms with van der Waals surface area (Å²) in [4.78, 5) is 43.1. The van der Waals surface area contributed by atoms with Gasteiger partial charge in [-0.1, -0.05) is 17.5 Å². The van der Waals surface area contributed by atoms with Crippen LogP contribution in [0.1, 0.15) is 36.3 Å². The summed E-state index contributed by atoms with van der Waals surface area (Å²) in [6.45, 7) is 3.79. The third-order valence-corrected chi connectivity index (χ3v) is 6.00. The molecule has 1 aliphatic heterocycles. The number of carbonyl (C=O) groups is 2. The number of hydrogen-bond donors (Lipinski definition) is 4. The van der Waals surface area contributed by atoms with Crippen LogP contribution < -0.4 is 11.1 Å². The van der Waals surface area contributed by atoms with Crippen LogP contribution in [-0.4, -0.2) is 89.4 Å². The number of nitrogen functional groups attached to an aromatic ring is 1. The molecule has 13 nitrogen and oxygen atoms in total. The number of nitrogens with two attached hydrogens (primary N) is 1. The normalized spacial score (nSPS) is 21.1. The molecule has 0 radical (unpaired) electrons. The number of ether oxygens (including phenoxy) is 1. The lowest BCUT2D eigenvalue weighted by Gasteiger charge is -2.24. The Morgan fingerprint density at radius 2 is 2.03 bits per heavy atom. The van der Waals surface area contributed by atoms with Crippen molar-refractivity contribution in [1.29, 1.82) is 0 Å². The highest BCUT2D eigenvalue weighted by Gasteiger charge is 2.47. The van der Waals surface area contributed by atoms with Gasteiger partial charge in [-0.15, -0.1) is 0 Å². The van der Waals surface area contributed by atoms with E-state index in [9.17, 15) is 19.8 Å². The molecule has 0 unspecified atom stereocenters. The third kappa shape index (κ3) is 5.18. The van der Waals surface area contributed by atoms with E-state index < -0.39 is 30.4 Å². The molecule has 2 amide bonds. The van der Waals surface area contributed by atoms with Gasteiger partial charge in [0.15, 0.2) is 23.8 Å². The van der Waals surface area contributed by atoms with E-state index in [-0.39, 0.29) is 46.5 Å². The molecule has 0 spiro atoms. The van der Waals surface area contributed by atoms with Gasteiger partial charge in [0, 0.05) is 19.3 Å². The topological polar surface area (TPSA) is 182 Å². The molecular formula is C23H25ClN8O5. The van der Waals surface area contributed by atoms with Crippen LogP contribution >= 0.6 is 11.6 Å². The maximum atomic E-state index is 12.9. The van der Waals surface area contributed by atoms with Crippen molar-refractivity contribution in [3.63, 3.8) is 0 Å². The van der Waals surface area contributed by atoms with Crippen molar-refractivity contribution in [2.24, 2.45) is 0 Å². The van der Waals surface area contributed by atoms with Gasteiger partial charge in [0.25, 0.3) is 11.8 Å². The van der Waals surface area contributed by atoms with Gasteiger partial charge in [-0.05, 0) is 31.9 Å². The summed E-state index contributed by atoms with van der Waals surface area (Å²) in [5.41, 5.74) is 6.84. The molecule has 4 heterocycles. The minimum absolute atomic E-state index is 0.0352. The number of anilines is 1. The second kappa shape index (κ2) is 10.7. The number of imidazole rings is 1. The van der Waals surface area contributed by atoms with Crippen LogP contribution in [0.2, 0.25) is 5.15 Å². The molecule has 1 aliphatic rings. The maximum absolute atomic E-state index is 12.9. The van der Waals surface area contributed by atoms with E-state index in [2.05, 4.69) is 37.1 Å². The maximum Gasteiger partial charge on any atom is 0.256 e. The molecule has 0 bridgehead atoms. The van der Waals surface area contributed by atoms with Gasteiger partial charge in [0.1, 0.15) is 22.9 Å². The first-order chi connectivity index (χ1) is 17.6. The van der Waals surface area contributed by atoms with E-state index in [1.54, 1.807) is 11.0 Å². The number of pyridine rings is 1. The smallest absolute Gasteiger partial charge is 0.256 e. The molecule has 5 N–H and O–H groups in total. The first-order valence-corrected chi connectivity index (χ1v) is 11.6. The molecular weight excluding hydrogens is 504 g/mol. The van der Waals surface area contributed by atoms with Crippen LogP contribution in [0.3, 0.4) is 0 Å². The largest absolute Gasteiger partial charge is 0.387 e. The predicted octanol–water partition coefficient (Wildman–Crippen LogP) is -0.276. The fourth-order valence-electron chi connectivity index (χ4n) is 3.79. The van der Waals surface area contributed by atoms with Crippen molar-refractivity contribution in [3.8, 4) is 11.8 Å². The molecule has 37 heavy (non-hydrogen) atoms. The standard InChI is InChI=1S/C23H25ClN8O5/c1-11(2)31(22(36)12-6-7-13(24)27-9-12)8-4-5-14-29-19(25)15-20(30-14)32(10-28-15)23-17(34)16(33)18(37-23)21(35)26-3/h6-7,9-11,16-18,23,33-34H,8H2,1-3H3,(H,26,35)(H2,25,29,30)/t16-,17+,18-,23+/m0/s1. The summed E-state index contributed by atoms with van der Waals surface area (Å²) in [5, 5.41) is 23.4. The highest BCUT2D eigenvalue weighted by Crippen LogP contribution is 2.32. The fourth-order valence-corrected chi connectivity index (χ4v) is 3.90. The van der Waals surface area contributed by atoms with E-state index in [1.807, 2.05) is 13.8 Å². The molecule has 14 heteroatoms. The van der Waals surface area contributed by atoms with Crippen LogP contribution in [0.4, 0.5) is 5.82 Å². The number of aliphatic hydroxyl groups is 2. The average molecular weight is 529 g/mol. The van der Waals surface area contributed by atoms with Gasteiger partial charge in [-0.25, -0.2) is 19.9 Å². The highest BCUT2D eigenvalue weighted by molar-refractivity contribution is 6.29. The lowest BCUT2D eigenvalue weighted by molar-refractivity contribution is -0.137. The number of aromatic nitrogens is 5. The Labute approximate surface area is 216 Å². The van der Waals surface area contributed by atoms with Crippen molar-refractivity contribution in [1.82, 2.24) is 34.7 Å². The van der Waals surface area contributed by atoms with Gasteiger partial charge in [0.2, 0.25) is 5.82 Å². The van der Waals surface area contributed by atoms with E-state index in [1.165, 1.54) is 30.2 Å². The fraction of sp³-hybridized carbons (Fsp3) is 0.391. The summed E-state index contributed by atoms with van der Waals surface area (Å²) >= 11 is 5.81. The van der Waals surface area contributed by atoms with Crippen LogP contribution in [0, 0.1) is 11.8 Å². The monoisotopic (exact) mass is 528 g/mol. The van der Waals surface area contributed by atoms with E-state index in [0.29, 0.717) is 5.56 Å². The zero-order valence-corrected chi connectivity index (χ0v) is 20.9. The van der Waals surface area contributed by atoms with Crippen molar-refractivity contribution < 1.29 is 24.5 Å². The average Bonchev–Trinajstić information content (AvgIpc) is 3.42. The van der Waals surface area contributed by atoms with Gasteiger partial charge < -0.3 is 30.9 Å². The number of halogens is 1. The zero-order chi connectivity index (χ0) is 26.9. The van der Waals surface area contributed by atoms with Gasteiger partial charge in [-0.3, -0.25) is 14.2 Å². The third-order valence-electron chi connectivity index (χ3n) is 5.77. The first-order valence-electron chi connectivity index (χ1n) is 11.3. The number of rotatable bonds is 5. The number of hydrogen-bond acceptors (Lipinski definition) is 10. The molecule has 0 aliphatic carbocycles. The quantitative estimate of drug-likeness (QED) is 0.254. The lowest BCUT2D eigenvalue weighted by atomic mass is 10.1. The number of fused-ring (bicyclic) bond motifs is 1. The SMILES string of the molecule is CNC(=O)[C@H]1O[C@@H](n2cnc3c(N)nc(C#CCN(C(=O)c4ccc(Cl)nc4)C(C)C)nc32)[C@H](O)[C@@H]1O. The van der Waals surface area contributed by atoms with Crippen molar-refractivity contribution in [3.05, 3.63) is 41.2 Å². The minimum Gasteiger partial charge on any atom is -0.387 e. The van der Waals surface area contributed by atoms with Crippen molar-refractivity contribution in [2.75, 3.05) is 19.3 Å². The van der Waals surface area contributed by atoms with Crippen LogP contribution in [0.25, 0.3) is 11.2 Å². The van der Waals surface area contributed by atoms with Crippen molar-refractivity contribution >= 4 is 40.4 Å². The molecule has 1 fully saturated rings. The molecule has 3 aromatic heterocycles. The van der Waals surface area contributed by atoms with Crippen LogP contribution in [0.5, 0.6) is 0 Å². The summed E-state index contributed by atoms with van der Waals surface area (Å²) < 4.78 is 6.96. The van der Waals surface area contributed by atoms with E-state index in [0.717, 1.165) is 0 Å². The number of carbonyl (C=O) groups excluding carboxylic acids is 2. The molecule has 1 saturated heterocycles. The number of nitrogens with one attached hydrogen (secondary N) is 1. The molecule has 3 aromatic rings. The number of likely N-dealkylation sites (N-methyl/N-ethyl adjacent to an activating group) is 1. The van der Waals surface area contributed by atoms with E-state index >= 15 is 0 Å². The second-order valence-electron chi connectivity index (χ2n) is 8.50. The Morgan fingerprint density at radius 1 is 1.27 bits per heavy atom. The summed E-state index contributed by atoms with van der Waals surface area (Å²) in [5.74, 6) is 4.92. The van der Waals surface area contributed by atoms with Crippen molar-refractivity contribution in [2.45, 2.75) is 44.4 Å². The number of aliphatic hydroxyl groups excluding tert-OH is 2. The van der Waals surface area contributed by atoms with Gasteiger partial charge in [0.05, 0.1) is 18.4 Å². The Balaban J connectivity index is 1.60. The first kappa shape index (κ1) is 26.2. The molecule has 0 saturated carbocycles. The van der Waals surface area contributed by atoms with Gasteiger partial charge >= 0.3 is 0 Å². The Kier molecular flexibility index (Phi) is 7.55. The highest BCUT2D eigenvalue weighted by atomic mass is 35.5. The molecule has 194 valence electrons. The number of nitrogens with zero attached hydrogens (tertiary/aromatic N) is 6. The predicted molar refractivity (Wildman–Crippen MR) is 132 cm³/mol. The Hall–Kier alpha value is -3.83. The molecule has 0 aromatic carbocycles. The summed E-state index contributed by atoms with van der Waals surface area (Å²) in [6.07, 6.45) is -2.61. The summed E-state index contributed by atoms with van der Waals surface area (Å²) in [7, 11) is 1.39. The summed E-state index contributed by atoms with van der Waals surface area (Å²) in [6, 6.07) is 2.97. The van der Waals surface area contributed by atoms with Crippen LogP contribution in [-0.2, 0) is 9.53 Å². The van der Waals surface area contributed by atoms with Gasteiger partial charge in [-0.2, -0.15) is 0 Å². The zero-order valence-electron chi connectivity index (χ0n) is 20.2. The molecule has 4 rings (SSSR count). The molecule has 4 atom stereocenters.